The quantitative estimate of drug-likeness (QED) is 0.277. The van der Waals surface area contributed by atoms with Gasteiger partial charge in [-0.2, -0.15) is 0 Å². The van der Waals surface area contributed by atoms with Crippen molar-refractivity contribution in [3.8, 4) is 5.75 Å². The van der Waals surface area contributed by atoms with Crippen LogP contribution in [-0.4, -0.2) is 51.5 Å². The summed E-state index contributed by atoms with van der Waals surface area (Å²) < 4.78 is 10.7. The number of nitro groups is 1. The zero-order chi connectivity index (χ0) is 25.9. The first-order chi connectivity index (χ1) is 17.9. The van der Waals surface area contributed by atoms with Crippen LogP contribution in [0.3, 0.4) is 0 Å². The molecular formula is C27H21N3O7. The van der Waals surface area contributed by atoms with Crippen molar-refractivity contribution in [1.29, 1.82) is 0 Å². The number of benzene rings is 3. The molecule has 0 bridgehead atoms. The smallest absolute Gasteiger partial charge is 0.422 e. The van der Waals surface area contributed by atoms with Crippen molar-refractivity contribution in [1.82, 2.24) is 9.80 Å². The van der Waals surface area contributed by atoms with Crippen LogP contribution in [0.5, 0.6) is 5.75 Å². The van der Waals surface area contributed by atoms with Gasteiger partial charge in [0.25, 0.3) is 11.6 Å². The molecule has 0 spiro atoms. The molecule has 37 heavy (non-hydrogen) atoms. The predicted molar refractivity (Wildman–Crippen MR) is 131 cm³/mol. The summed E-state index contributed by atoms with van der Waals surface area (Å²) >= 11 is 0. The van der Waals surface area contributed by atoms with Crippen molar-refractivity contribution in [3.63, 3.8) is 0 Å². The van der Waals surface area contributed by atoms with Crippen molar-refractivity contribution in [3.05, 3.63) is 112 Å². The maximum atomic E-state index is 13.3. The Balaban J connectivity index is 1.45. The Kier molecular flexibility index (Phi) is 6.38. The van der Waals surface area contributed by atoms with Gasteiger partial charge in [0.15, 0.2) is 0 Å². The number of hydrogen-bond donors (Lipinski definition) is 0. The molecule has 0 N–H and O–H groups in total. The molecule has 0 radical (unpaired) electrons. The van der Waals surface area contributed by atoms with Crippen LogP contribution in [0, 0.1) is 10.1 Å². The van der Waals surface area contributed by atoms with Gasteiger partial charge >= 0.3 is 12.2 Å². The fourth-order valence-corrected chi connectivity index (χ4v) is 4.41. The first-order valence-corrected chi connectivity index (χ1v) is 11.5. The third-order valence-corrected chi connectivity index (χ3v) is 6.24. The lowest BCUT2D eigenvalue weighted by molar-refractivity contribution is -0.384. The van der Waals surface area contributed by atoms with Gasteiger partial charge in [-0.15, -0.1) is 0 Å². The van der Waals surface area contributed by atoms with E-state index in [1.807, 2.05) is 30.3 Å². The number of cyclic esters (lactones) is 1. The average molecular weight is 499 g/mol. The minimum atomic E-state index is -1.00. The van der Waals surface area contributed by atoms with Gasteiger partial charge in [0, 0.05) is 12.1 Å². The van der Waals surface area contributed by atoms with E-state index >= 15 is 0 Å². The zero-order valence-electron chi connectivity index (χ0n) is 19.4. The summed E-state index contributed by atoms with van der Waals surface area (Å²) in [5, 5.41) is 10.9. The predicted octanol–water partition coefficient (Wildman–Crippen LogP) is 4.58. The lowest BCUT2D eigenvalue weighted by Crippen LogP contribution is -2.72. The van der Waals surface area contributed by atoms with E-state index in [4.69, 9.17) is 9.47 Å². The van der Waals surface area contributed by atoms with Crippen LogP contribution in [0.25, 0.3) is 6.08 Å². The number of rotatable bonds is 6. The van der Waals surface area contributed by atoms with Crippen LogP contribution < -0.4 is 4.74 Å². The molecule has 0 saturated carbocycles. The number of carbonyl (C=O) groups is 3. The van der Waals surface area contributed by atoms with Crippen LogP contribution in [0.4, 0.5) is 15.3 Å². The molecule has 3 atom stereocenters. The molecule has 2 aliphatic heterocycles. The lowest BCUT2D eigenvalue weighted by atomic mass is 9.91. The topological polar surface area (TPSA) is 119 Å². The maximum Gasteiger partial charge on any atom is 0.422 e. The van der Waals surface area contributed by atoms with Gasteiger partial charge < -0.3 is 9.47 Å². The molecule has 5 rings (SSSR count). The molecule has 0 aliphatic carbocycles. The summed E-state index contributed by atoms with van der Waals surface area (Å²) in [4.78, 5) is 51.8. The van der Waals surface area contributed by atoms with Crippen molar-refractivity contribution in [2.45, 2.75) is 18.1 Å². The first-order valence-electron chi connectivity index (χ1n) is 11.5. The highest BCUT2D eigenvalue weighted by Crippen LogP contribution is 2.37. The number of nitrogens with zero attached hydrogens (tertiary/aromatic N) is 3. The minimum Gasteiger partial charge on any atom is -0.447 e. The van der Waals surface area contributed by atoms with Crippen molar-refractivity contribution in [2.24, 2.45) is 0 Å². The number of carbonyl (C=O) groups excluding carboxylic acids is 3. The van der Waals surface area contributed by atoms with Crippen LogP contribution in [-0.2, 0) is 9.53 Å². The number of para-hydroxylation sites is 1. The van der Waals surface area contributed by atoms with Crippen molar-refractivity contribution >= 4 is 29.9 Å². The second kappa shape index (κ2) is 9.94. The summed E-state index contributed by atoms with van der Waals surface area (Å²) in [5.74, 6) is -0.330. The highest BCUT2D eigenvalue weighted by Gasteiger charge is 2.58. The van der Waals surface area contributed by atoms with Gasteiger partial charge in [0.2, 0.25) is 0 Å². The van der Waals surface area contributed by atoms with E-state index in [1.165, 1.54) is 17.0 Å². The molecule has 186 valence electrons. The Bertz CT molecular complexity index is 1360. The molecule has 3 aromatic carbocycles. The van der Waals surface area contributed by atoms with Gasteiger partial charge in [-0.3, -0.25) is 19.8 Å². The standard InChI is InChI=1S/C27H21N3O7/c31-25-24(28-23(17-36-26(28)32)19-7-3-1-4-8-19)22(16-13-18-11-14-20(15-12-18)30(34)35)29(25)27(33)37-21-9-5-2-6-10-21/h1-16,22-24H,17H2/b16-13+/t22-,23?,24-/m1/s1. The number of likely N-dealkylation sites (tertiary alicyclic amines) is 1. The SMILES string of the molecule is O=C(Oc1ccccc1)N1C(=O)[C@H](N2C(=O)OCC2c2ccccc2)[C@H]1/C=C/c1ccc([N+](=O)[O-])cc1. The highest BCUT2D eigenvalue weighted by atomic mass is 16.6. The molecule has 10 nitrogen and oxygen atoms in total. The van der Waals surface area contributed by atoms with Gasteiger partial charge in [-0.25, -0.2) is 14.5 Å². The Labute approximate surface area is 211 Å². The number of nitro benzene ring substituents is 1. The van der Waals surface area contributed by atoms with Gasteiger partial charge in [0.1, 0.15) is 18.4 Å². The summed E-state index contributed by atoms with van der Waals surface area (Å²) in [6, 6.07) is 21.0. The van der Waals surface area contributed by atoms with Crippen LogP contribution >= 0.6 is 0 Å². The van der Waals surface area contributed by atoms with E-state index in [9.17, 15) is 24.5 Å². The Morgan fingerprint density at radius 2 is 1.62 bits per heavy atom. The molecule has 1 unspecified atom stereocenters. The average Bonchev–Trinajstić information content (AvgIpc) is 3.28. The van der Waals surface area contributed by atoms with E-state index in [2.05, 4.69) is 0 Å². The molecule has 2 fully saturated rings. The minimum absolute atomic E-state index is 0.0626. The van der Waals surface area contributed by atoms with Crippen molar-refractivity contribution < 1.29 is 28.8 Å². The third-order valence-electron chi connectivity index (χ3n) is 6.24. The van der Waals surface area contributed by atoms with E-state index < -0.39 is 41.1 Å². The fourth-order valence-electron chi connectivity index (χ4n) is 4.41. The van der Waals surface area contributed by atoms with Crippen molar-refractivity contribution in [2.75, 3.05) is 6.61 Å². The molecular weight excluding hydrogens is 478 g/mol. The second-order valence-corrected chi connectivity index (χ2v) is 8.44. The van der Waals surface area contributed by atoms with E-state index in [0.29, 0.717) is 5.56 Å². The van der Waals surface area contributed by atoms with Gasteiger partial charge in [-0.05, 0) is 35.4 Å². The Morgan fingerprint density at radius 1 is 0.973 bits per heavy atom. The number of amides is 3. The number of imide groups is 1. The molecule has 3 aromatic rings. The van der Waals surface area contributed by atoms with Crippen LogP contribution in [0.15, 0.2) is 91.0 Å². The normalized spacial score (nSPS) is 21.0. The molecule has 2 aliphatic rings. The maximum absolute atomic E-state index is 13.3. The Hall–Kier alpha value is -4.99. The molecule has 0 aromatic heterocycles. The van der Waals surface area contributed by atoms with E-state index in [0.717, 1.165) is 10.5 Å². The molecule has 2 saturated heterocycles. The fraction of sp³-hybridized carbons (Fsp3) is 0.148. The van der Waals surface area contributed by atoms with Crippen LogP contribution in [0.1, 0.15) is 17.2 Å². The number of β-lactam (4-membered cyclic amide) rings is 1. The first kappa shape index (κ1) is 23.7. The third kappa shape index (κ3) is 4.64. The second-order valence-electron chi connectivity index (χ2n) is 8.44. The molecule has 10 heteroatoms. The van der Waals surface area contributed by atoms with Gasteiger partial charge in [0.05, 0.1) is 17.0 Å². The number of hydrogen-bond acceptors (Lipinski definition) is 7. The van der Waals surface area contributed by atoms with Gasteiger partial charge in [-0.1, -0.05) is 60.7 Å². The summed E-state index contributed by atoms with van der Waals surface area (Å²) in [6.45, 7) is 0.0693. The highest BCUT2D eigenvalue weighted by molar-refractivity contribution is 6.04. The molecule has 2 heterocycles. The van der Waals surface area contributed by atoms with Crippen LogP contribution in [0.2, 0.25) is 0 Å². The summed E-state index contributed by atoms with van der Waals surface area (Å²) in [6.07, 6.45) is 1.70. The molecule has 3 amide bonds. The number of ether oxygens (including phenoxy) is 2. The summed E-state index contributed by atoms with van der Waals surface area (Å²) in [5.41, 5.74) is 1.35. The van der Waals surface area contributed by atoms with E-state index in [-0.39, 0.29) is 18.0 Å². The monoisotopic (exact) mass is 499 g/mol. The summed E-state index contributed by atoms with van der Waals surface area (Å²) in [7, 11) is 0. The van der Waals surface area contributed by atoms with E-state index in [1.54, 1.807) is 54.6 Å². The number of non-ortho nitro benzene ring substituents is 1. The Morgan fingerprint density at radius 3 is 2.27 bits per heavy atom. The lowest BCUT2D eigenvalue weighted by Gasteiger charge is -2.47. The zero-order valence-corrected chi connectivity index (χ0v) is 19.4. The largest absolute Gasteiger partial charge is 0.447 e.